The summed E-state index contributed by atoms with van der Waals surface area (Å²) in [7, 11) is 1.82. The van der Waals surface area contributed by atoms with Gasteiger partial charge in [0.15, 0.2) is 5.96 Å². The number of piperidine rings is 1. The van der Waals surface area contributed by atoms with Crippen molar-refractivity contribution in [3.05, 3.63) is 21.9 Å². The van der Waals surface area contributed by atoms with E-state index in [1.807, 2.05) is 23.3 Å². The molecule has 0 saturated carbocycles. The molecule has 0 spiro atoms. The highest BCUT2D eigenvalue weighted by Gasteiger charge is 2.21. The standard InChI is InChI=1S/C18H29N5OS.HI/c1-14(24)23-9-3-16(4-10-23)21-18(19-2)20-7-11-22-8-5-17-15(13-22)6-12-25-17;/h6,12,16H,3-5,7-11,13H2,1-2H3,(H2,19,20,21);1H. The van der Waals surface area contributed by atoms with Gasteiger partial charge in [0.2, 0.25) is 5.91 Å². The van der Waals surface area contributed by atoms with Gasteiger partial charge in [-0.1, -0.05) is 0 Å². The van der Waals surface area contributed by atoms with Gasteiger partial charge in [0.1, 0.15) is 0 Å². The molecule has 2 N–H and O–H groups in total. The lowest BCUT2D eigenvalue weighted by Gasteiger charge is -2.32. The SMILES string of the molecule is CN=C(NCCN1CCc2sccc2C1)NC1CCN(C(C)=O)CC1.I. The zero-order valence-corrected chi connectivity index (χ0v) is 18.8. The highest BCUT2D eigenvalue weighted by Crippen LogP contribution is 2.23. The second-order valence-electron chi connectivity index (χ2n) is 6.82. The van der Waals surface area contributed by atoms with Gasteiger partial charge in [-0.25, -0.2) is 0 Å². The van der Waals surface area contributed by atoms with Crippen molar-refractivity contribution in [1.82, 2.24) is 20.4 Å². The first kappa shape index (κ1) is 21.4. The zero-order chi connectivity index (χ0) is 17.6. The third-order valence-corrected chi connectivity index (χ3v) is 6.13. The summed E-state index contributed by atoms with van der Waals surface area (Å²) in [5.74, 6) is 1.05. The maximum Gasteiger partial charge on any atom is 0.219 e. The molecule has 0 aliphatic carbocycles. The number of nitrogens with one attached hydrogen (secondary N) is 2. The van der Waals surface area contributed by atoms with Crippen LogP contribution in [0.5, 0.6) is 0 Å². The fourth-order valence-electron chi connectivity index (χ4n) is 3.56. The molecule has 1 saturated heterocycles. The monoisotopic (exact) mass is 491 g/mol. The first-order chi connectivity index (χ1) is 12.2. The van der Waals surface area contributed by atoms with Gasteiger partial charge in [0.05, 0.1) is 0 Å². The highest BCUT2D eigenvalue weighted by atomic mass is 127. The van der Waals surface area contributed by atoms with Crippen molar-refractivity contribution in [1.29, 1.82) is 0 Å². The number of hydrogen-bond donors (Lipinski definition) is 2. The predicted molar refractivity (Wildman–Crippen MR) is 118 cm³/mol. The molecule has 2 aliphatic rings. The molecule has 8 heteroatoms. The van der Waals surface area contributed by atoms with Crippen molar-refractivity contribution in [3.8, 4) is 0 Å². The molecule has 0 aromatic carbocycles. The lowest BCUT2D eigenvalue weighted by molar-refractivity contribution is -0.129. The average Bonchev–Trinajstić information content (AvgIpc) is 3.09. The minimum Gasteiger partial charge on any atom is -0.355 e. The number of hydrogen-bond acceptors (Lipinski definition) is 4. The van der Waals surface area contributed by atoms with Crippen LogP contribution in [0.4, 0.5) is 0 Å². The fourth-order valence-corrected chi connectivity index (χ4v) is 4.45. The van der Waals surface area contributed by atoms with Crippen molar-refractivity contribution in [2.75, 3.05) is 39.8 Å². The Hall–Kier alpha value is -0.870. The lowest BCUT2D eigenvalue weighted by atomic mass is 10.1. The van der Waals surface area contributed by atoms with Crippen LogP contribution in [-0.2, 0) is 17.8 Å². The number of thiophene rings is 1. The molecule has 0 radical (unpaired) electrons. The Morgan fingerprint density at radius 1 is 1.35 bits per heavy atom. The van der Waals surface area contributed by atoms with Crippen molar-refractivity contribution < 1.29 is 4.79 Å². The van der Waals surface area contributed by atoms with E-state index in [0.717, 1.165) is 58.1 Å². The van der Waals surface area contributed by atoms with Crippen LogP contribution in [0.25, 0.3) is 0 Å². The van der Waals surface area contributed by atoms with Crippen LogP contribution in [0, 0.1) is 0 Å². The molecular formula is C18H30IN5OS. The van der Waals surface area contributed by atoms with Gasteiger partial charge in [-0.15, -0.1) is 35.3 Å². The smallest absolute Gasteiger partial charge is 0.219 e. The maximum absolute atomic E-state index is 11.4. The molecule has 2 aliphatic heterocycles. The largest absolute Gasteiger partial charge is 0.355 e. The Labute approximate surface area is 177 Å². The maximum atomic E-state index is 11.4. The van der Waals surface area contributed by atoms with Gasteiger partial charge >= 0.3 is 0 Å². The summed E-state index contributed by atoms with van der Waals surface area (Å²) < 4.78 is 0. The van der Waals surface area contributed by atoms with Crippen molar-refractivity contribution in [2.45, 2.75) is 38.8 Å². The van der Waals surface area contributed by atoms with E-state index in [2.05, 4.69) is 32.0 Å². The van der Waals surface area contributed by atoms with Crippen LogP contribution in [0.15, 0.2) is 16.4 Å². The number of aliphatic imine (C=N–C) groups is 1. The van der Waals surface area contributed by atoms with Gasteiger partial charge in [-0.2, -0.15) is 0 Å². The normalized spacial score (nSPS) is 18.8. The molecule has 3 rings (SSSR count). The molecule has 6 nitrogen and oxygen atoms in total. The van der Waals surface area contributed by atoms with E-state index in [0.29, 0.717) is 6.04 Å². The first-order valence-corrected chi connectivity index (χ1v) is 10.0. The molecule has 0 bridgehead atoms. The molecule has 1 aromatic heterocycles. The molecule has 1 fully saturated rings. The van der Waals surface area contributed by atoms with E-state index in [1.54, 1.807) is 11.8 Å². The number of carbonyl (C=O) groups is 1. The van der Waals surface area contributed by atoms with Gasteiger partial charge in [-0.05, 0) is 36.3 Å². The Bertz CT molecular complexity index is 612. The van der Waals surface area contributed by atoms with E-state index < -0.39 is 0 Å². The number of carbonyl (C=O) groups excluding carboxylic acids is 1. The summed E-state index contributed by atoms with van der Waals surface area (Å²) in [4.78, 5) is 21.7. The van der Waals surface area contributed by atoms with Crippen LogP contribution in [-0.4, -0.2) is 67.5 Å². The Morgan fingerprint density at radius 2 is 2.12 bits per heavy atom. The number of rotatable bonds is 4. The Balaban J connectivity index is 0.00000243. The quantitative estimate of drug-likeness (QED) is 0.384. The lowest BCUT2D eigenvalue weighted by Crippen LogP contribution is -2.50. The highest BCUT2D eigenvalue weighted by molar-refractivity contribution is 14.0. The first-order valence-electron chi connectivity index (χ1n) is 9.16. The molecule has 146 valence electrons. The minimum atomic E-state index is 0. The van der Waals surface area contributed by atoms with Gasteiger partial charge in [0, 0.05) is 64.2 Å². The molecule has 1 amide bonds. The Morgan fingerprint density at radius 3 is 2.81 bits per heavy atom. The van der Waals surface area contributed by atoms with Gasteiger partial charge < -0.3 is 15.5 Å². The van der Waals surface area contributed by atoms with Crippen LogP contribution < -0.4 is 10.6 Å². The third-order valence-electron chi connectivity index (χ3n) is 5.11. The second kappa shape index (κ2) is 10.5. The summed E-state index contributed by atoms with van der Waals surface area (Å²) in [5.41, 5.74) is 1.50. The molecule has 0 atom stereocenters. The van der Waals surface area contributed by atoms with Crippen molar-refractivity contribution >= 4 is 47.2 Å². The summed E-state index contributed by atoms with van der Waals surface area (Å²) >= 11 is 1.89. The second-order valence-corrected chi connectivity index (χ2v) is 7.82. The third kappa shape index (κ3) is 5.82. The molecule has 3 heterocycles. The summed E-state index contributed by atoms with van der Waals surface area (Å²) in [6, 6.07) is 2.65. The minimum absolute atomic E-state index is 0. The number of halogens is 1. The zero-order valence-electron chi connectivity index (χ0n) is 15.7. The predicted octanol–water partition coefficient (Wildman–Crippen LogP) is 1.90. The summed E-state index contributed by atoms with van der Waals surface area (Å²) in [5, 5.41) is 9.14. The van der Waals surface area contributed by atoms with E-state index in [1.165, 1.54) is 12.0 Å². The average molecular weight is 491 g/mol. The number of amides is 1. The molecule has 0 unspecified atom stereocenters. The summed E-state index contributed by atoms with van der Waals surface area (Å²) in [6.07, 6.45) is 3.13. The van der Waals surface area contributed by atoms with Crippen molar-refractivity contribution in [2.24, 2.45) is 4.99 Å². The Kier molecular flexibility index (Phi) is 8.62. The number of fused-ring (bicyclic) bond motifs is 1. The molecule has 26 heavy (non-hydrogen) atoms. The topological polar surface area (TPSA) is 60.0 Å². The van der Waals surface area contributed by atoms with Gasteiger partial charge in [0.25, 0.3) is 0 Å². The van der Waals surface area contributed by atoms with E-state index in [-0.39, 0.29) is 29.9 Å². The van der Waals surface area contributed by atoms with Crippen LogP contribution in [0.3, 0.4) is 0 Å². The van der Waals surface area contributed by atoms with E-state index in [4.69, 9.17) is 0 Å². The van der Waals surface area contributed by atoms with Crippen molar-refractivity contribution in [3.63, 3.8) is 0 Å². The van der Waals surface area contributed by atoms with Crippen LogP contribution in [0.1, 0.15) is 30.2 Å². The van der Waals surface area contributed by atoms with Gasteiger partial charge in [-0.3, -0.25) is 14.7 Å². The van der Waals surface area contributed by atoms with E-state index >= 15 is 0 Å². The number of nitrogens with zero attached hydrogens (tertiary/aromatic N) is 3. The number of guanidine groups is 1. The summed E-state index contributed by atoms with van der Waals surface area (Å²) in [6.45, 7) is 7.44. The van der Waals surface area contributed by atoms with E-state index in [9.17, 15) is 4.79 Å². The van der Waals surface area contributed by atoms with Crippen LogP contribution >= 0.6 is 35.3 Å². The molecule has 1 aromatic rings. The number of likely N-dealkylation sites (tertiary alicyclic amines) is 1. The molecular weight excluding hydrogens is 461 g/mol. The van der Waals surface area contributed by atoms with Crippen LogP contribution in [0.2, 0.25) is 0 Å². The fraction of sp³-hybridized carbons (Fsp3) is 0.667.